The average molecular weight is 384 g/mol. The molecule has 2 unspecified atom stereocenters. The number of ether oxygens (including phenoxy) is 1. The molecule has 26 heavy (non-hydrogen) atoms. The van der Waals surface area contributed by atoms with E-state index >= 15 is 0 Å². The third-order valence-electron chi connectivity index (χ3n) is 4.58. The Morgan fingerprint density at radius 1 is 1.27 bits per heavy atom. The van der Waals surface area contributed by atoms with E-state index in [0.29, 0.717) is 5.75 Å². The summed E-state index contributed by atoms with van der Waals surface area (Å²) >= 11 is 0. The molecule has 1 fully saturated rings. The van der Waals surface area contributed by atoms with Gasteiger partial charge in [0.2, 0.25) is 10.0 Å². The second-order valence-electron chi connectivity index (χ2n) is 7.52. The van der Waals surface area contributed by atoms with Crippen molar-refractivity contribution in [3.63, 3.8) is 0 Å². The van der Waals surface area contributed by atoms with Crippen LogP contribution in [0.1, 0.15) is 19.4 Å². The zero-order valence-corrected chi connectivity index (χ0v) is 16.8. The van der Waals surface area contributed by atoms with Gasteiger partial charge in [0.1, 0.15) is 5.75 Å². The normalized spacial score (nSPS) is 21.3. The van der Waals surface area contributed by atoms with E-state index in [2.05, 4.69) is 0 Å². The van der Waals surface area contributed by atoms with Crippen molar-refractivity contribution in [2.24, 2.45) is 5.92 Å². The lowest BCUT2D eigenvalue weighted by molar-refractivity contribution is -0.144. The summed E-state index contributed by atoms with van der Waals surface area (Å²) in [7, 11) is -0.535. The van der Waals surface area contributed by atoms with Crippen LogP contribution in [0, 0.1) is 12.8 Å². The Morgan fingerprint density at radius 2 is 1.85 bits per heavy atom. The number of hydrogen-bond acceptors (Lipinski definition) is 5. The number of likely N-dealkylation sites (tertiary alicyclic amines) is 1. The lowest BCUT2D eigenvalue weighted by atomic mass is 10.1. The van der Waals surface area contributed by atoms with E-state index in [1.807, 2.05) is 19.1 Å². The molecule has 0 radical (unpaired) electrons. The molecule has 1 aromatic rings. The van der Waals surface area contributed by atoms with Gasteiger partial charge in [-0.1, -0.05) is 17.7 Å². The Bertz CT molecular complexity index is 743. The zero-order chi connectivity index (χ0) is 19.7. The first-order chi connectivity index (χ1) is 11.9. The highest BCUT2D eigenvalue weighted by molar-refractivity contribution is 7.89. The maximum Gasteiger partial charge on any atom is 0.266 e. The summed E-state index contributed by atoms with van der Waals surface area (Å²) < 4.78 is 31.1. The van der Waals surface area contributed by atoms with Crippen LogP contribution >= 0.6 is 0 Å². The first-order valence-electron chi connectivity index (χ1n) is 8.56. The van der Waals surface area contributed by atoms with Crippen molar-refractivity contribution < 1.29 is 23.1 Å². The predicted octanol–water partition coefficient (Wildman–Crippen LogP) is 0.863. The minimum absolute atomic E-state index is 0.104. The number of amides is 1. The fraction of sp³-hybridized carbons (Fsp3) is 0.611. The van der Waals surface area contributed by atoms with Crippen molar-refractivity contribution in [3.05, 3.63) is 29.8 Å². The summed E-state index contributed by atoms with van der Waals surface area (Å²) in [5.74, 6) is -0.395. The summed E-state index contributed by atoms with van der Waals surface area (Å²) in [5.41, 5.74) is -0.0290. The number of sulfonamides is 1. The molecule has 2 rings (SSSR count). The highest BCUT2D eigenvalue weighted by Crippen LogP contribution is 2.26. The van der Waals surface area contributed by atoms with Gasteiger partial charge in [-0.05, 0) is 32.9 Å². The predicted molar refractivity (Wildman–Crippen MR) is 99.4 cm³/mol. The first-order valence-corrected chi connectivity index (χ1v) is 10.2. The summed E-state index contributed by atoms with van der Waals surface area (Å²) in [5, 5.41) is 10.2. The summed E-state index contributed by atoms with van der Waals surface area (Å²) in [6.07, 6.45) is -0.871. The standard InChI is InChI=1S/C18H28N2O5S/c1-13-6-8-15(9-7-13)25-18(2,3)17(22)20-10-14(16(21)11-20)12-26(23,24)19(4)5/h6-9,14,16,21H,10-12H2,1-5H3. The van der Waals surface area contributed by atoms with E-state index in [4.69, 9.17) is 4.74 Å². The van der Waals surface area contributed by atoms with E-state index in [-0.39, 0.29) is 24.7 Å². The Morgan fingerprint density at radius 3 is 2.38 bits per heavy atom. The molecule has 1 saturated heterocycles. The zero-order valence-electron chi connectivity index (χ0n) is 16.0. The lowest BCUT2D eigenvalue weighted by Gasteiger charge is -2.30. The van der Waals surface area contributed by atoms with Gasteiger partial charge in [0.25, 0.3) is 5.91 Å². The number of β-amino-alcohol motifs (C(OH)–C–C–N with tert-alkyl or cyclic N) is 1. The van der Waals surface area contributed by atoms with Gasteiger partial charge < -0.3 is 14.7 Å². The van der Waals surface area contributed by atoms with Gasteiger partial charge in [-0.15, -0.1) is 0 Å². The molecule has 1 aliphatic heterocycles. The third kappa shape index (κ3) is 4.75. The molecule has 1 amide bonds. The van der Waals surface area contributed by atoms with Gasteiger partial charge in [0.05, 0.1) is 11.9 Å². The number of benzene rings is 1. The maximum absolute atomic E-state index is 12.9. The summed E-state index contributed by atoms with van der Waals surface area (Å²) in [6.45, 7) is 5.60. The van der Waals surface area contributed by atoms with Crippen molar-refractivity contribution >= 4 is 15.9 Å². The molecule has 0 saturated carbocycles. The van der Waals surface area contributed by atoms with E-state index < -0.39 is 27.6 Å². The Labute approximate surface area is 155 Å². The third-order valence-corrected chi connectivity index (χ3v) is 6.55. The van der Waals surface area contributed by atoms with Gasteiger partial charge in [0.15, 0.2) is 5.60 Å². The van der Waals surface area contributed by atoms with Crippen molar-refractivity contribution in [2.45, 2.75) is 32.5 Å². The quantitative estimate of drug-likeness (QED) is 0.786. The largest absolute Gasteiger partial charge is 0.478 e. The monoisotopic (exact) mass is 384 g/mol. The molecule has 0 spiro atoms. The molecule has 1 heterocycles. The van der Waals surface area contributed by atoms with Gasteiger partial charge in [0, 0.05) is 33.1 Å². The minimum Gasteiger partial charge on any atom is -0.478 e. The van der Waals surface area contributed by atoms with Crippen LogP contribution in [0.5, 0.6) is 5.75 Å². The van der Waals surface area contributed by atoms with Gasteiger partial charge >= 0.3 is 0 Å². The van der Waals surface area contributed by atoms with Crippen LogP contribution in [-0.4, -0.2) is 73.3 Å². The molecule has 7 nitrogen and oxygen atoms in total. The van der Waals surface area contributed by atoms with Gasteiger partial charge in [-0.25, -0.2) is 12.7 Å². The molecule has 1 aromatic carbocycles. The van der Waals surface area contributed by atoms with E-state index in [1.54, 1.807) is 26.0 Å². The maximum atomic E-state index is 12.9. The number of hydrogen-bond donors (Lipinski definition) is 1. The summed E-state index contributed by atoms with van der Waals surface area (Å²) in [4.78, 5) is 14.3. The van der Waals surface area contributed by atoms with Gasteiger partial charge in [-0.3, -0.25) is 4.79 Å². The Balaban J connectivity index is 2.06. The number of aliphatic hydroxyl groups excluding tert-OH is 1. The smallest absolute Gasteiger partial charge is 0.266 e. The second-order valence-corrected chi connectivity index (χ2v) is 9.75. The SMILES string of the molecule is Cc1ccc(OC(C)(C)C(=O)N2CC(O)C(CS(=O)(=O)N(C)C)C2)cc1. The molecule has 0 aromatic heterocycles. The topological polar surface area (TPSA) is 87.1 Å². The fourth-order valence-corrected chi connectivity index (χ4v) is 4.10. The number of carbonyl (C=O) groups excluding carboxylic acids is 1. The van der Waals surface area contributed by atoms with E-state index in [9.17, 15) is 18.3 Å². The van der Waals surface area contributed by atoms with E-state index in [1.165, 1.54) is 19.0 Å². The van der Waals surface area contributed by atoms with Crippen molar-refractivity contribution in [1.29, 1.82) is 0 Å². The van der Waals surface area contributed by atoms with Crippen LogP contribution in [-0.2, 0) is 14.8 Å². The van der Waals surface area contributed by atoms with Gasteiger partial charge in [-0.2, -0.15) is 0 Å². The summed E-state index contributed by atoms with van der Waals surface area (Å²) in [6, 6.07) is 7.40. The molecule has 2 atom stereocenters. The first kappa shape index (κ1) is 20.7. The second kappa shape index (κ2) is 7.54. The molecule has 146 valence electrons. The Hall–Kier alpha value is -1.64. The van der Waals surface area contributed by atoms with Crippen LogP contribution in [0.3, 0.4) is 0 Å². The molecule has 0 bridgehead atoms. The van der Waals surface area contributed by atoms with Crippen LogP contribution in [0.15, 0.2) is 24.3 Å². The highest BCUT2D eigenvalue weighted by atomic mass is 32.2. The van der Waals surface area contributed by atoms with E-state index in [0.717, 1.165) is 9.87 Å². The minimum atomic E-state index is -3.45. The van der Waals surface area contributed by atoms with Crippen LogP contribution in [0.2, 0.25) is 0 Å². The number of aliphatic hydroxyl groups is 1. The number of nitrogens with zero attached hydrogens (tertiary/aromatic N) is 2. The van der Waals surface area contributed by atoms with Crippen molar-refractivity contribution in [3.8, 4) is 5.75 Å². The molecule has 8 heteroatoms. The lowest BCUT2D eigenvalue weighted by Crippen LogP contribution is -2.48. The average Bonchev–Trinajstić information content (AvgIpc) is 2.88. The molecular weight excluding hydrogens is 356 g/mol. The fourth-order valence-electron chi connectivity index (χ4n) is 2.93. The van der Waals surface area contributed by atoms with Crippen LogP contribution < -0.4 is 4.74 Å². The Kier molecular flexibility index (Phi) is 5.99. The van der Waals surface area contributed by atoms with Crippen molar-refractivity contribution in [2.75, 3.05) is 32.9 Å². The molecular formula is C18H28N2O5S. The molecule has 0 aliphatic carbocycles. The highest BCUT2D eigenvalue weighted by Gasteiger charge is 2.42. The number of rotatable bonds is 6. The number of carbonyl (C=O) groups is 1. The van der Waals surface area contributed by atoms with Crippen molar-refractivity contribution in [1.82, 2.24) is 9.21 Å². The molecule has 1 aliphatic rings. The molecule has 1 N–H and O–H groups in total. The van der Waals surface area contributed by atoms with Crippen LogP contribution in [0.4, 0.5) is 0 Å². The number of aryl methyl sites for hydroxylation is 1. The van der Waals surface area contributed by atoms with Crippen LogP contribution in [0.25, 0.3) is 0 Å².